The summed E-state index contributed by atoms with van der Waals surface area (Å²) >= 11 is 0. The van der Waals surface area contributed by atoms with Gasteiger partial charge in [0.15, 0.2) is 17.5 Å². The lowest BCUT2D eigenvalue weighted by Crippen LogP contribution is -2.03. The molecule has 0 aliphatic carbocycles. The van der Waals surface area contributed by atoms with Crippen LogP contribution >= 0.6 is 0 Å². The van der Waals surface area contributed by atoms with Crippen LogP contribution in [0.2, 0.25) is 0 Å². The Balaban J connectivity index is 2.60. The molecule has 0 fully saturated rings. The maximum Gasteiger partial charge on any atom is 0.186 e. The van der Waals surface area contributed by atoms with Gasteiger partial charge in [-0.1, -0.05) is 0 Å². The van der Waals surface area contributed by atoms with Gasteiger partial charge in [0.1, 0.15) is 5.82 Å². The van der Waals surface area contributed by atoms with Crippen LogP contribution in [0.3, 0.4) is 0 Å². The molecule has 0 spiro atoms. The number of benzene rings is 1. The molecule has 3 nitrogen and oxygen atoms in total. The first-order chi connectivity index (χ1) is 8.51. The second kappa shape index (κ2) is 4.68. The van der Waals surface area contributed by atoms with Crippen molar-refractivity contribution >= 4 is 5.82 Å². The summed E-state index contributed by atoms with van der Waals surface area (Å²) in [7, 11) is 1.57. The molecule has 0 bridgehead atoms. The van der Waals surface area contributed by atoms with Gasteiger partial charge in [0.05, 0.1) is 5.69 Å². The number of nitrogens with zero attached hydrogens (tertiary/aromatic N) is 2. The lowest BCUT2D eigenvalue weighted by Gasteiger charge is -2.08. The lowest BCUT2D eigenvalue weighted by atomic mass is 10.1. The highest BCUT2D eigenvalue weighted by Crippen LogP contribution is 2.22. The second-order valence-electron chi connectivity index (χ2n) is 4.06. The van der Waals surface area contributed by atoms with Crippen LogP contribution in [0, 0.1) is 25.5 Å². The van der Waals surface area contributed by atoms with Crippen LogP contribution in [0.5, 0.6) is 0 Å². The first-order valence-corrected chi connectivity index (χ1v) is 5.50. The van der Waals surface area contributed by atoms with E-state index in [4.69, 9.17) is 0 Å². The minimum Gasteiger partial charge on any atom is -0.371 e. The summed E-state index contributed by atoms with van der Waals surface area (Å²) < 4.78 is 26.9. The molecule has 2 rings (SSSR count). The number of halogens is 2. The molecule has 1 heterocycles. The van der Waals surface area contributed by atoms with E-state index in [1.54, 1.807) is 27.0 Å². The Morgan fingerprint density at radius 3 is 2.39 bits per heavy atom. The topological polar surface area (TPSA) is 37.8 Å². The van der Waals surface area contributed by atoms with Gasteiger partial charge in [-0.25, -0.2) is 18.7 Å². The van der Waals surface area contributed by atoms with E-state index in [2.05, 4.69) is 15.3 Å². The zero-order valence-corrected chi connectivity index (χ0v) is 10.4. The molecule has 1 N–H and O–H groups in total. The van der Waals surface area contributed by atoms with Gasteiger partial charge in [-0.3, -0.25) is 0 Å². The fraction of sp³-hybridized carbons (Fsp3) is 0.231. The SMILES string of the molecule is CNc1nc(-c2cc(C)cc(F)c2)nc(C)c1F. The monoisotopic (exact) mass is 249 g/mol. The average Bonchev–Trinajstić information content (AvgIpc) is 2.31. The van der Waals surface area contributed by atoms with Crippen molar-refractivity contribution < 1.29 is 8.78 Å². The highest BCUT2D eigenvalue weighted by Gasteiger charge is 2.12. The summed E-state index contributed by atoms with van der Waals surface area (Å²) in [6.07, 6.45) is 0. The molecule has 0 saturated carbocycles. The first kappa shape index (κ1) is 12.4. The van der Waals surface area contributed by atoms with E-state index in [0.717, 1.165) is 5.56 Å². The zero-order chi connectivity index (χ0) is 13.3. The fourth-order valence-electron chi connectivity index (χ4n) is 1.72. The molecule has 0 radical (unpaired) electrons. The number of aromatic nitrogens is 2. The van der Waals surface area contributed by atoms with Gasteiger partial charge in [-0.15, -0.1) is 0 Å². The fourth-order valence-corrected chi connectivity index (χ4v) is 1.72. The van der Waals surface area contributed by atoms with E-state index < -0.39 is 5.82 Å². The minimum atomic E-state index is -0.491. The predicted molar refractivity (Wildman–Crippen MR) is 66.4 cm³/mol. The third-order valence-corrected chi connectivity index (χ3v) is 2.55. The second-order valence-corrected chi connectivity index (χ2v) is 4.06. The van der Waals surface area contributed by atoms with Gasteiger partial charge < -0.3 is 5.32 Å². The number of aryl methyl sites for hydroxylation is 2. The number of anilines is 1. The Bertz CT molecular complexity index is 577. The van der Waals surface area contributed by atoms with E-state index in [0.29, 0.717) is 11.4 Å². The Morgan fingerprint density at radius 2 is 1.78 bits per heavy atom. The zero-order valence-electron chi connectivity index (χ0n) is 10.4. The molecule has 18 heavy (non-hydrogen) atoms. The highest BCUT2D eigenvalue weighted by molar-refractivity contribution is 5.59. The van der Waals surface area contributed by atoms with Crippen molar-refractivity contribution in [1.29, 1.82) is 0 Å². The predicted octanol–water partition coefficient (Wildman–Crippen LogP) is 3.08. The van der Waals surface area contributed by atoms with Crippen molar-refractivity contribution in [3.63, 3.8) is 0 Å². The summed E-state index contributed by atoms with van der Waals surface area (Å²) in [5.74, 6) is -0.434. The van der Waals surface area contributed by atoms with Crippen LogP contribution in [0.4, 0.5) is 14.6 Å². The Labute approximate surface area is 104 Å². The quantitative estimate of drug-likeness (QED) is 0.888. The third-order valence-electron chi connectivity index (χ3n) is 2.55. The van der Waals surface area contributed by atoms with Gasteiger partial charge in [-0.05, 0) is 37.6 Å². The van der Waals surface area contributed by atoms with Crippen molar-refractivity contribution in [2.24, 2.45) is 0 Å². The normalized spacial score (nSPS) is 10.5. The number of nitrogens with one attached hydrogen (secondary N) is 1. The standard InChI is InChI=1S/C13H13F2N3/c1-7-4-9(6-10(14)5-7)12-17-8(2)11(15)13(16-3)18-12/h4-6H,1-3H3,(H,16,17,18). The summed E-state index contributed by atoms with van der Waals surface area (Å²) in [6, 6.07) is 4.51. The van der Waals surface area contributed by atoms with Gasteiger partial charge in [0.25, 0.3) is 0 Å². The molecule has 2 aromatic rings. The molecular formula is C13H13F2N3. The summed E-state index contributed by atoms with van der Waals surface area (Å²) in [5.41, 5.74) is 1.53. The number of rotatable bonds is 2. The molecule has 0 atom stereocenters. The van der Waals surface area contributed by atoms with Crippen LogP contribution in [0.1, 0.15) is 11.3 Å². The first-order valence-electron chi connectivity index (χ1n) is 5.50. The average molecular weight is 249 g/mol. The molecule has 0 saturated heterocycles. The third kappa shape index (κ3) is 2.30. The molecular weight excluding hydrogens is 236 g/mol. The van der Waals surface area contributed by atoms with Crippen LogP contribution in [-0.2, 0) is 0 Å². The molecule has 1 aromatic carbocycles. The molecule has 5 heteroatoms. The summed E-state index contributed by atoms with van der Waals surface area (Å²) in [6.45, 7) is 3.33. The van der Waals surface area contributed by atoms with E-state index in [-0.39, 0.29) is 17.3 Å². The van der Waals surface area contributed by atoms with Crippen molar-refractivity contribution in [3.8, 4) is 11.4 Å². The molecule has 0 aliphatic rings. The molecule has 0 unspecified atom stereocenters. The van der Waals surface area contributed by atoms with Gasteiger partial charge in [0.2, 0.25) is 0 Å². The Kier molecular flexibility index (Phi) is 3.23. The Morgan fingerprint density at radius 1 is 1.06 bits per heavy atom. The lowest BCUT2D eigenvalue weighted by molar-refractivity contribution is 0.607. The van der Waals surface area contributed by atoms with Gasteiger partial charge in [0, 0.05) is 12.6 Å². The summed E-state index contributed by atoms with van der Waals surface area (Å²) in [5, 5.41) is 2.66. The maximum atomic E-state index is 13.6. The van der Waals surface area contributed by atoms with E-state index in [1.165, 1.54) is 12.1 Å². The Hall–Kier alpha value is -2.04. The molecule has 0 amide bonds. The molecule has 94 valence electrons. The van der Waals surface area contributed by atoms with Crippen molar-refractivity contribution in [2.45, 2.75) is 13.8 Å². The highest BCUT2D eigenvalue weighted by atomic mass is 19.1. The van der Waals surface area contributed by atoms with Crippen molar-refractivity contribution in [3.05, 3.63) is 41.1 Å². The van der Waals surface area contributed by atoms with Crippen molar-refractivity contribution in [1.82, 2.24) is 9.97 Å². The van der Waals surface area contributed by atoms with Crippen LogP contribution in [0.25, 0.3) is 11.4 Å². The smallest absolute Gasteiger partial charge is 0.186 e. The summed E-state index contributed by atoms with van der Waals surface area (Å²) in [4.78, 5) is 8.08. The van der Waals surface area contributed by atoms with Crippen LogP contribution in [-0.4, -0.2) is 17.0 Å². The van der Waals surface area contributed by atoms with Crippen LogP contribution in [0.15, 0.2) is 18.2 Å². The van der Waals surface area contributed by atoms with Crippen molar-refractivity contribution in [2.75, 3.05) is 12.4 Å². The number of hydrogen-bond acceptors (Lipinski definition) is 3. The largest absolute Gasteiger partial charge is 0.371 e. The van der Waals surface area contributed by atoms with Crippen LogP contribution < -0.4 is 5.32 Å². The maximum absolute atomic E-state index is 13.6. The van der Waals surface area contributed by atoms with E-state index in [1.807, 2.05) is 0 Å². The van der Waals surface area contributed by atoms with E-state index in [9.17, 15) is 8.78 Å². The minimum absolute atomic E-state index is 0.111. The van der Waals surface area contributed by atoms with Gasteiger partial charge >= 0.3 is 0 Å². The molecule has 0 aliphatic heterocycles. The number of hydrogen-bond donors (Lipinski definition) is 1. The van der Waals surface area contributed by atoms with Gasteiger partial charge in [-0.2, -0.15) is 0 Å². The van der Waals surface area contributed by atoms with E-state index >= 15 is 0 Å². The molecule has 1 aromatic heterocycles.